The van der Waals surface area contributed by atoms with Crippen molar-refractivity contribution in [2.75, 3.05) is 18.0 Å². The van der Waals surface area contributed by atoms with Crippen molar-refractivity contribution < 1.29 is 67.0 Å². The first-order valence-corrected chi connectivity index (χ1v) is 24.7. The molecule has 0 spiro atoms. The number of hydrogen-bond acceptors (Lipinski definition) is 12. The lowest BCUT2D eigenvalue weighted by atomic mass is 9.79. The Morgan fingerprint density at radius 1 is 0.721 bits per heavy atom. The molecule has 0 aliphatic carbocycles. The van der Waals surface area contributed by atoms with Crippen LogP contribution < -0.4 is 4.90 Å². The van der Waals surface area contributed by atoms with Gasteiger partial charge in [-0.25, -0.2) is 8.42 Å². The highest BCUT2D eigenvalue weighted by Gasteiger charge is 2.46. The topological polar surface area (TPSA) is 270 Å². The molecule has 0 unspecified atom stereocenters. The summed E-state index contributed by atoms with van der Waals surface area (Å²) in [6.07, 6.45) is 10.6. The Morgan fingerprint density at radius 3 is 1.92 bits per heavy atom. The van der Waals surface area contributed by atoms with E-state index >= 15 is 0 Å². The molecule has 0 bridgehead atoms. The van der Waals surface area contributed by atoms with E-state index in [1.165, 1.54) is 24.3 Å². The van der Waals surface area contributed by atoms with Crippen LogP contribution in [0.3, 0.4) is 0 Å². The third-order valence-electron chi connectivity index (χ3n) is 11.3. The lowest BCUT2D eigenvalue weighted by Gasteiger charge is -2.26. The van der Waals surface area contributed by atoms with Gasteiger partial charge in [-0.2, -0.15) is 21.4 Å². The van der Waals surface area contributed by atoms with Crippen LogP contribution in [0, 0.1) is 0 Å². The zero-order valence-electron chi connectivity index (χ0n) is 33.7. The average molecular weight is 919 g/mol. The summed E-state index contributed by atoms with van der Waals surface area (Å²) >= 11 is 0. The molecule has 16 nitrogen and oxygen atoms in total. The second kappa shape index (κ2) is 16.0. The second-order valence-corrected chi connectivity index (χ2v) is 21.6. The fraction of sp³-hybridized carbons (Fsp3) is 0.317. The van der Waals surface area contributed by atoms with Gasteiger partial charge in [-0.15, -0.1) is 0 Å². The number of rotatable bonds is 14. The lowest BCUT2D eigenvalue weighted by molar-refractivity contribution is -0.438. The van der Waals surface area contributed by atoms with Crippen molar-refractivity contribution in [1.82, 2.24) is 0 Å². The predicted octanol–water partition coefficient (Wildman–Crippen LogP) is 7.81. The molecule has 0 atom stereocenters. The van der Waals surface area contributed by atoms with Crippen molar-refractivity contribution in [2.24, 2.45) is 0 Å². The zero-order chi connectivity index (χ0) is 45.2. The summed E-state index contributed by atoms with van der Waals surface area (Å²) in [5.74, 6) is -0.916. The summed E-state index contributed by atoms with van der Waals surface area (Å²) in [5, 5.41) is 9.67. The van der Waals surface area contributed by atoms with E-state index in [2.05, 4.69) is 0 Å². The van der Waals surface area contributed by atoms with Gasteiger partial charge in [0, 0.05) is 59.3 Å². The van der Waals surface area contributed by atoms with Crippen LogP contribution in [0.1, 0.15) is 71.4 Å². The van der Waals surface area contributed by atoms with Gasteiger partial charge in [0.2, 0.25) is 5.69 Å². The number of carboxylic acid groups (broad SMARTS) is 1. The Morgan fingerprint density at radius 2 is 1.33 bits per heavy atom. The first kappa shape index (κ1) is 46.0. The molecule has 4 aromatic rings. The summed E-state index contributed by atoms with van der Waals surface area (Å²) in [5.41, 5.74) is 2.15. The molecule has 0 amide bonds. The fourth-order valence-electron chi connectivity index (χ4n) is 8.67. The molecule has 61 heavy (non-hydrogen) atoms. The van der Waals surface area contributed by atoms with Gasteiger partial charge in [-0.05, 0) is 97.8 Å². The number of anilines is 1. The molecule has 0 aromatic heterocycles. The van der Waals surface area contributed by atoms with Crippen LogP contribution in [-0.2, 0) is 46.0 Å². The molecule has 0 saturated carbocycles. The number of unbranched alkanes of at least 4 members (excludes halogenated alkanes) is 2. The molecule has 2 aliphatic rings. The van der Waals surface area contributed by atoms with E-state index in [0.717, 1.165) is 17.5 Å². The number of allylic oxidation sites excluding steroid dienone is 6. The van der Waals surface area contributed by atoms with E-state index in [9.17, 15) is 57.4 Å². The van der Waals surface area contributed by atoms with Crippen LogP contribution >= 0.6 is 10.9 Å². The third-order valence-corrected chi connectivity index (χ3v) is 14.7. The highest BCUT2D eigenvalue weighted by atomic mass is 32.3. The number of nitrogens with zero attached hydrogens (tertiary/aromatic N) is 2. The molecule has 6 rings (SSSR count). The standard InChI is InChI=1S/C41H46N2O14S4/c1-6-42-31-18-16-27-29(21-25(58(46,47)48)23-33(27)60(52,53)54)38(31)40(2,3)35(42)13-9-7-10-14-36-41(4,5)39-30-22-26(59(49,50)51)24-34(61(55,56)57)28(30)17-19-32(39)43(36)20-12-8-11-15-37(44)45/h7,9-10,13-14,16-19,21-24H,6,8,11-12,15,20H2,1-5H3,(H6-,44,45,46,47,48,49,50,51,52,53,54,55,56,57). The minimum atomic E-state index is -5.11. The second-order valence-electron chi connectivity index (χ2n) is 15.9. The van der Waals surface area contributed by atoms with Gasteiger partial charge in [0.1, 0.15) is 32.4 Å². The van der Waals surface area contributed by atoms with Gasteiger partial charge >= 0.3 is 5.97 Å². The van der Waals surface area contributed by atoms with Crippen molar-refractivity contribution in [1.29, 1.82) is 0 Å². The predicted molar refractivity (Wildman–Crippen MR) is 231 cm³/mol. The van der Waals surface area contributed by atoms with E-state index in [1.807, 2.05) is 56.2 Å². The summed E-state index contributed by atoms with van der Waals surface area (Å²) in [4.78, 5) is 10.5. The number of aliphatic carboxylic acids is 1. The molecule has 4 aromatic carbocycles. The summed E-state index contributed by atoms with van der Waals surface area (Å²) in [7, 11) is -19.4. The molecule has 20 heteroatoms. The Balaban J connectivity index is 1.44. The van der Waals surface area contributed by atoms with E-state index < -0.39 is 77.6 Å². The number of fused-ring (bicyclic) bond motifs is 6. The van der Waals surface area contributed by atoms with Gasteiger partial charge in [0.25, 0.3) is 20.2 Å². The van der Waals surface area contributed by atoms with Gasteiger partial charge in [0.05, 0.1) is 20.1 Å². The minimum Gasteiger partial charge on any atom is -0.744 e. The largest absolute Gasteiger partial charge is 0.744 e. The van der Waals surface area contributed by atoms with Gasteiger partial charge in [0.15, 0.2) is 5.71 Å². The number of carboxylic acids is 1. The van der Waals surface area contributed by atoms with Crippen LogP contribution in [0.5, 0.6) is 0 Å². The van der Waals surface area contributed by atoms with Crippen LogP contribution in [0.4, 0.5) is 11.4 Å². The van der Waals surface area contributed by atoms with Gasteiger partial charge in [-0.1, -0.05) is 38.1 Å². The van der Waals surface area contributed by atoms with Crippen molar-refractivity contribution in [3.8, 4) is 0 Å². The first-order chi connectivity index (χ1) is 28.1. The summed E-state index contributed by atoms with van der Waals surface area (Å²) in [6, 6.07) is 10.2. The Hall–Kier alpha value is -4.48. The Labute approximate surface area is 355 Å². The quantitative estimate of drug-likeness (QED) is 0.0305. The maximum atomic E-state index is 12.5. The highest BCUT2D eigenvalue weighted by molar-refractivity contribution is 8.19. The highest BCUT2D eigenvalue weighted by Crippen LogP contribution is 2.54. The number of benzene rings is 4. The molecule has 0 saturated heterocycles. The van der Waals surface area contributed by atoms with Crippen LogP contribution in [-0.4, -0.2) is 87.0 Å². The number of carbonyl (C=O) groups is 1. The minimum absolute atomic E-state index is 0.00633. The maximum Gasteiger partial charge on any atom is 0.303 e. The molecular formula is C41H46N2O14S4. The third kappa shape index (κ3) is 8.66. The lowest BCUT2D eigenvalue weighted by Crippen LogP contribution is -2.28. The van der Waals surface area contributed by atoms with E-state index in [4.69, 9.17) is 5.11 Å². The molecule has 328 valence electrons. The fourth-order valence-corrected chi connectivity index (χ4v) is 11.4. The van der Waals surface area contributed by atoms with Crippen molar-refractivity contribution in [2.45, 2.75) is 90.7 Å². The van der Waals surface area contributed by atoms with Crippen LogP contribution in [0.2, 0.25) is 0 Å². The number of hydrogen-bond donors (Lipinski definition) is 6. The number of likely N-dealkylation sites (N-methyl/N-ethyl adjacent to an activating group) is 1. The van der Waals surface area contributed by atoms with Gasteiger partial charge < -0.3 is 28.2 Å². The summed E-state index contributed by atoms with van der Waals surface area (Å²) < 4.78 is 139. The average Bonchev–Trinajstić information content (AvgIpc) is 3.49. The maximum absolute atomic E-state index is 12.5. The summed E-state index contributed by atoms with van der Waals surface area (Å²) in [6.45, 7) is 10.3. The molecule has 2 heterocycles. The van der Waals surface area contributed by atoms with E-state index in [1.54, 1.807) is 30.4 Å². The zero-order valence-corrected chi connectivity index (χ0v) is 37.0. The van der Waals surface area contributed by atoms with E-state index in [-0.39, 0.29) is 28.0 Å². The van der Waals surface area contributed by atoms with Crippen molar-refractivity contribution in [3.63, 3.8) is 0 Å². The molecular weight excluding hydrogens is 873 g/mol. The monoisotopic (exact) mass is 918 g/mol. The normalized spacial score (nSPS) is 17.7. The van der Waals surface area contributed by atoms with Crippen LogP contribution in [0.15, 0.2) is 104 Å². The molecule has 6 N–H and O–H groups in total. The van der Waals surface area contributed by atoms with Gasteiger partial charge in [-0.3, -0.25) is 13.9 Å². The Kier molecular flexibility index (Phi) is 12.1. The smallest absolute Gasteiger partial charge is 0.303 e. The molecule has 2 aliphatic heterocycles. The van der Waals surface area contributed by atoms with Crippen molar-refractivity contribution in [3.05, 3.63) is 95.7 Å². The first-order valence-electron chi connectivity index (χ1n) is 19.0. The van der Waals surface area contributed by atoms with E-state index in [0.29, 0.717) is 60.9 Å². The van der Waals surface area contributed by atoms with Crippen LogP contribution in [0.25, 0.3) is 21.5 Å². The Bertz CT molecular complexity index is 2980. The molecule has 0 fully saturated rings. The molecule has 0 radical (unpaired) electrons. The SMILES string of the molecule is CCN1\C(=C/C=C/C=C/C2=[N+](CCCCCC(=O)O)c3ccc4c(S(=O)(=O)O)cc(S(=O)(=O)O)cc4c3C2(C)C)C(C)(C)c2c1ccc1c(S(=O)(=O)[O-])cc(S(O)(O)O)cc21. The van der Waals surface area contributed by atoms with Crippen molar-refractivity contribution >= 4 is 85.8 Å².